The fraction of sp³-hybridized carbons (Fsp3) is 0.182. The van der Waals surface area contributed by atoms with Crippen LogP contribution in [0.5, 0.6) is 0 Å². The van der Waals surface area contributed by atoms with Crippen LogP contribution in [0, 0.1) is 5.82 Å². The van der Waals surface area contributed by atoms with Crippen LogP contribution in [0.25, 0.3) is 0 Å². The number of nitrogens with zero attached hydrogens (tertiary/aromatic N) is 3. The van der Waals surface area contributed by atoms with E-state index in [2.05, 4.69) is 10.3 Å². The van der Waals surface area contributed by atoms with Crippen LogP contribution < -0.4 is 0 Å². The van der Waals surface area contributed by atoms with Gasteiger partial charge in [0.05, 0.1) is 11.8 Å². The highest BCUT2D eigenvalue weighted by atomic mass is 32.2. The van der Waals surface area contributed by atoms with Crippen LogP contribution in [0.15, 0.2) is 34.3 Å². The Morgan fingerprint density at radius 3 is 3.00 bits per heavy atom. The zero-order valence-corrected chi connectivity index (χ0v) is 10.3. The molecule has 2 rings (SSSR count). The third kappa shape index (κ3) is 2.51. The summed E-state index contributed by atoms with van der Waals surface area (Å²) in [7, 11) is 0. The molecule has 94 valence electrons. The number of rotatable bonds is 4. The Balaban J connectivity index is 2.30. The van der Waals surface area contributed by atoms with Gasteiger partial charge in [0.1, 0.15) is 10.8 Å². The van der Waals surface area contributed by atoms with Crippen molar-refractivity contribution in [2.75, 3.05) is 0 Å². The van der Waals surface area contributed by atoms with Gasteiger partial charge in [-0.05, 0) is 25.1 Å². The van der Waals surface area contributed by atoms with Crippen molar-refractivity contribution in [1.82, 2.24) is 15.0 Å². The lowest BCUT2D eigenvalue weighted by Crippen LogP contribution is -2.01. The van der Waals surface area contributed by atoms with Crippen LogP contribution >= 0.6 is 11.8 Å². The van der Waals surface area contributed by atoms with Crippen LogP contribution in [0.2, 0.25) is 0 Å². The fourth-order valence-corrected chi connectivity index (χ4v) is 2.32. The minimum absolute atomic E-state index is 0.337. The van der Waals surface area contributed by atoms with E-state index < -0.39 is 11.8 Å². The normalized spacial score (nSPS) is 10.6. The van der Waals surface area contributed by atoms with E-state index >= 15 is 0 Å². The molecule has 0 aliphatic rings. The molecular formula is C11H10FN3O2S. The Morgan fingerprint density at radius 2 is 2.33 bits per heavy atom. The first kappa shape index (κ1) is 12.6. The van der Waals surface area contributed by atoms with Gasteiger partial charge in [0.2, 0.25) is 0 Å². The SMILES string of the molecule is CCn1nncc1Sc1ccc(F)c(C(=O)O)c1. The lowest BCUT2D eigenvalue weighted by molar-refractivity contribution is 0.0691. The van der Waals surface area contributed by atoms with Gasteiger partial charge in [-0.25, -0.2) is 13.9 Å². The molecule has 2 aromatic rings. The highest BCUT2D eigenvalue weighted by Gasteiger charge is 2.12. The summed E-state index contributed by atoms with van der Waals surface area (Å²) in [6, 6.07) is 3.97. The lowest BCUT2D eigenvalue weighted by atomic mass is 10.2. The molecule has 18 heavy (non-hydrogen) atoms. The van der Waals surface area contributed by atoms with Crippen LogP contribution in [0.4, 0.5) is 4.39 Å². The maximum atomic E-state index is 13.2. The zero-order valence-electron chi connectivity index (χ0n) is 9.50. The van der Waals surface area contributed by atoms with Crippen molar-refractivity contribution >= 4 is 17.7 Å². The second kappa shape index (κ2) is 5.18. The van der Waals surface area contributed by atoms with Crippen LogP contribution in [0.3, 0.4) is 0 Å². The number of carboxylic acid groups (broad SMARTS) is 1. The molecule has 7 heteroatoms. The van der Waals surface area contributed by atoms with E-state index in [1.165, 1.54) is 23.9 Å². The summed E-state index contributed by atoms with van der Waals surface area (Å²) in [5.41, 5.74) is -0.337. The molecule has 1 heterocycles. The van der Waals surface area contributed by atoms with E-state index in [0.29, 0.717) is 11.4 Å². The highest BCUT2D eigenvalue weighted by molar-refractivity contribution is 7.99. The largest absolute Gasteiger partial charge is 0.478 e. The zero-order chi connectivity index (χ0) is 13.1. The molecule has 5 nitrogen and oxygen atoms in total. The van der Waals surface area contributed by atoms with Crippen molar-refractivity contribution in [3.63, 3.8) is 0 Å². The van der Waals surface area contributed by atoms with Gasteiger partial charge in [-0.3, -0.25) is 0 Å². The number of hydrogen-bond acceptors (Lipinski definition) is 4. The standard InChI is InChI=1S/C11H10FN3O2S/c1-2-15-10(6-13-14-15)18-7-3-4-9(12)8(5-7)11(16)17/h3-6H,2H2,1H3,(H,16,17). The number of aromatic carboxylic acids is 1. The van der Waals surface area contributed by atoms with Gasteiger partial charge in [0.25, 0.3) is 0 Å². The van der Waals surface area contributed by atoms with Gasteiger partial charge in [0, 0.05) is 11.4 Å². The highest BCUT2D eigenvalue weighted by Crippen LogP contribution is 2.28. The molecule has 0 aliphatic heterocycles. The predicted molar refractivity (Wildman–Crippen MR) is 63.2 cm³/mol. The van der Waals surface area contributed by atoms with Gasteiger partial charge in [-0.1, -0.05) is 17.0 Å². The van der Waals surface area contributed by atoms with E-state index in [0.717, 1.165) is 11.1 Å². The number of aromatic nitrogens is 3. The average Bonchev–Trinajstić information content (AvgIpc) is 2.78. The summed E-state index contributed by atoms with van der Waals surface area (Å²) in [6.07, 6.45) is 1.58. The molecule has 1 N–H and O–H groups in total. The molecule has 1 aromatic heterocycles. The Hall–Kier alpha value is -1.89. The van der Waals surface area contributed by atoms with Crippen molar-refractivity contribution in [1.29, 1.82) is 0 Å². The number of halogens is 1. The Kier molecular flexibility index (Phi) is 3.61. The molecule has 0 spiro atoms. The molecule has 1 aromatic carbocycles. The van der Waals surface area contributed by atoms with Gasteiger partial charge in [-0.2, -0.15) is 0 Å². The van der Waals surface area contributed by atoms with Gasteiger partial charge >= 0.3 is 5.97 Å². The first-order valence-corrected chi connectivity index (χ1v) is 6.02. The third-order valence-electron chi connectivity index (χ3n) is 2.27. The lowest BCUT2D eigenvalue weighted by Gasteiger charge is -2.04. The van der Waals surface area contributed by atoms with Crippen LogP contribution in [0.1, 0.15) is 17.3 Å². The maximum Gasteiger partial charge on any atom is 0.338 e. The Bertz CT molecular complexity index is 585. The van der Waals surface area contributed by atoms with Gasteiger partial charge in [-0.15, -0.1) is 5.10 Å². The summed E-state index contributed by atoms with van der Waals surface area (Å²) in [5, 5.41) is 17.2. The van der Waals surface area contributed by atoms with Crippen LogP contribution in [-0.2, 0) is 6.54 Å². The summed E-state index contributed by atoms with van der Waals surface area (Å²) in [6.45, 7) is 2.58. The van der Waals surface area contributed by atoms with E-state index in [-0.39, 0.29) is 5.56 Å². The molecule has 0 unspecified atom stereocenters. The van der Waals surface area contributed by atoms with Crippen molar-refractivity contribution in [3.8, 4) is 0 Å². The van der Waals surface area contributed by atoms with Crippen molar-refractivity contribution < 1.29 is 14.3 Å². The summed E-state index contributed by atoms with van der Waals surface area (Å²) < 4.78 is 14.9. The summed E-state index contributed by atoms with van der Waals surface area (Å²) in [4.78, 5) is 11.5. The monoisotopic (exact) mass is 267 g/mol. The first-order valence-electron chi connectivity index (χ1n) is 5.21. The molecule has 0 saturated carbocycles. The Morgan fingerprint density at radius 1 is 1.56 bits per heavy atom. The number of carboxylic acids is 1. The third-order valence-corrected chi connectivity index (χ3v) is 3.29. The molecule has 0 aliphatic carbocycles. The van der Waals surface area contributed by atoms with Gasteiger partial charge in [0.15, 0.2) is 0 Å². The van der Waals surface area contributed by atoms with Crippen molar-refractivity contribution in [2.24, 2.45) is 0 Å². The number of hydrogen-bond donors (Lipinski definition) is 1. The van der Waals surface area contributed by atoms with Crippen molar-refractivity contribution in [3.05, 3.63) is 35.8 Å². The van der Waals surface area contributed by atoms with E-state index in [4.69, 9.17) is 5.11 Å². The molecule has 0 saturated heterocycles. The molecule has 0 atom stereocenters. The summed E-state index contributed by atoms with van der Waals surface area (Å²) in [5.74, 6) is -2.02. The molecule has 0 radical (unpaired) electrons. The maximum absolute atomic E-state index is 13.2. The molecule has 0 fully saturated rings. The topological polar surface area (TPSA) is 68.0 Å². The number of benzene rings is 1. The quantitative estimate of drug-likeness (QED) is 0.920. The van der Waals surface area contributed by atoms with Crippen molar-refractivity contribution in [2.45, 2.75) is 23.4 Å². The fourth-order valence-electron chi connectivity index (χ4n) is 1.40. The average molecular weight is 267 g/mol. The second-order valence-electron chi connectivity index (χ2n) is 3.44. The van der Waals surface area contributed by atoms with Gasteiger partial charge < -0.3 is 5.11 Å². The molecule has 0 amide bonds. The number of aryl methyl sites for hydroxylation is 1. The minimum atomic E-state index is -1.28. The van der Waals surface area contributed by atoms with Crippen LogP contribution in [-0.4, -0.2) is 26.1 Å². The van der Waals surface area contributed by atoms with E-state index in [1.54, 1.807) is 10.9 Å². The predicted octanol–water partition coefficient (Wildman–Crippen LogP) is 2.29. The van der Waals surface area contributed by atoms with E-state index in [9.17, 15) is 9.18 Å². The number of carbonyl (C=O) groups is 1. The Labute approximate surface area is 107 Å². The smallest absolute Gasteiger partial charge is 0.338 e. The second-order valence-corrected chi connectivity index (χ2v) is 4.53. The molecule has 0 bridgehead atoms. The summed E-state index contributed by atoms with van der Waals surface area (Å²) >= 11 is 1.29. The van der Waals surface area contributed by atoms with E-state index in [1.807, 2.05) is 6.92 Å². The minimum Gasteiger partial charge on any atom is -0.478 e. The first-order chi connectivity index (χ1) is 8.61. The molecular weight excluding hydrogens is 257 g/mol.